The maximum absolute atomic E-state index is 12.0. The standard InChI is InChI=1S/C15H20OSe/c1-15(2,13-10-6-7-11-14(13)16)17-12-8-4-3-5-9-12/h3-5,8-9,13H,6-7,10-11H2,1-2H3. The summed E-state index contributed by atoms with van der Waals surface area (Å²) in [6.45, 7) is 4.54. The predicted octanol–water partition coefficient (Wildman–Crippen LogP) is 2.97. The van der Waals surface area contributed by atoms with Gasteiger partial charge in [-0.25, -0.2) is 0 Å². The molecule has 1 aromatic carbocycles. The van der Waals surface area contributed by atoms with Crippen molar-refractivity contribution < 1.29 is 4.79 Å². The third-order valence-corrected chi connectivity index (χ3v) is 6.28. The van der Waals surface area contributed by atoms with Gasteiger partial charge in [0.1, 0.15) is 0 Å². The molecule has 0 saturated heterocycles. The van der Waals surface area contributed by atoms with Gasteiger partial charge in [-0.1, -0.05) is 0 Å². The van der Waals surface area contributed by atoms with Gasteiger partial charge in [0.05, 0.1) is 0 Å². The van der Waals surface area contributed by atoms with E-state index in [9.17, 15) is 4.79 Å². The Morgan fingerprint density at radius 3 is 2.53 bits per heavy atom. The average molecular weight is 295 g/mol. The molecule has 1 aliphatic rings. The Labute approximate surface area is 110 Å². The van der Waals surface area contributed by atoms with Gasteiger partial charge in [0.25, 0.3) is 0 Å². The van der Waals surface area contributed by atoms with E-state index in [1.54, 1.807) is 0 Å². The summed E-state index contributed by atoms with van der Waals surface area (Å²) in [6, 6.07) is 10.6. The van der Waals surface area contributed by atoms with Crippen LogP contribution in [-0.2, 0) is 4.79 Å². The van der Waals surface area contributed by atoms with Crippen molar-refractivity contribution in [2.45, 2.75) is 43.8 Å². The minimum atomic E-state index is 0.159. The third-order valence-electron chi connectivity index (χ3n) is 3.52. The van der Waals surface area contributed by atoms with Crippen LogP contribution in [-0.4, -0.2) is 20.7 Å². The van der Waals surface area contributed by atoms with Gasteiger partial charge in [0, 0.05) is 0 Å². The number of carbonyl (C=O) groups is 1. The summed E-state index contributed by atoms with van der Waals surface area (Å²) in [5.74, 6) is 0.788. The molecule has 0 N–H and O–H groups in total. The Kier molecular flexibility index (Phi) is 4.06. The van der Waals surface area contributed by atoms with Crippen LogP contribution in [0.5, 0.6) is 0 Å². The van der Waals surface area contributed by atoms with Crippen molar-refractivity contribution in [2.75, 3.05) is 0 Å². The van der Waals surface area contributed by atoms with Crippen LogP contribution in [0.4, 0.5) is 0 Å². The topological polar surface area (TPSA) is 17.1 Å². The van der Waals surface area contributed by atoms with Crippen LogP contribution in [0, 0.1) is 5.92 Å². The molecule has 2 rings (SSSR count). The zero-order valence-corrected chi connectivity index (χ0v) is 12.3. The van der Waals surface area contributed by atoms with Crippen LogP contribution in [0.1, 0.15) is 39.5 Å². The predicted molar refractivity (Wildman–Crippen MR) is 72.8 cm³/mol. The van der Waals surface area contributed by atoms with E-state index in [0.29, 0.717) is 20.7 Å². The van der Waals surface area contributed by atoms with Gasteiger partial charge in [-0.15, -0.1) is 0 Å². The molecule has 0 heterocycles. The number of ketones is 1. The fourth-order valence-electron chi connectivity index (χ4n) is 2.58. The average Bonchev–Trinajstić information content (AvgIpc) is 2.30. The van der Waals surface area contributed by atoms with E-state index in [2.05, 4.69) is 44.2 Å². The Bertz CT molecular complexity index is 383. The molecule has 17 heavy (non-hydrogen) atoms. The minimum absolute atomic E-state index is 0.159. The number of hydrogen-bond donors (Lipinski definition) is 0. The molecule has 0 spiro atoms. The van der Waals surface area contributed by atoms with Crippen molar-refractivity contribution in [3.63, 3.8) is 0 Å². The van der Waals surface area contributed by atoms with E-state index >= 15 is 0 Å². The van der Waals surface area contributed by atoms with Crippen LogP contribution in [0.25, 0.3) is 0 Å². The van der Waals surface area contributed by atoms with E-state index < -0.39 is 0 Å². The summed E-state index contributed by atoms with van der Waals surface area (Å²) in [6.07, 6.45) is 4.23. The number of rotatable bonds is 3. The van der Waals surface area contributed by atoms with Crippen molar-refractivity contribution in [1.82, 2.24) is 0 Å². The molecule has 1 nitrogen and oxygen atoms in total. The fraction of sp³-hybridized carbons (Fsp3) is 0.533. The molecular weight excluding hydrogens is 275 g/mol. The molecule has 92 valence electrons. The van der Waals surface area contributed by atoms with Crippen molar-refractivity contribution in [2.24, 2.45) is 5.92 Å². The molecule has 2 heteroatoms. The second-order valence-electron chi connectivity index (χ2n) is 5.28. The number of hydrogen-bond acceptors (Lipinski definition) is 1. The molecule has 1 aromatic rings. The molecule has 0 bridgehead atoms. The van der Waals surface area contributed by atoms with Gasteiger partial charge in [-0.3, -0.25) is 0 Å². The third kappa shape index (κ3) is 3.20. The number of Topliss-reactive ketones (excluding diaryl/α,β-unsaturated/α-hetero) is 1. The fourth-order valence-corrected chi connectivity index (χ4v) is 5.29. The zero-order chi connectivity index (χ0) is 12.3. The Hall–Kier alpha value is -0.591. The van der Waals surface area contributed by atoms with Crippen LogP contribution >= 0.6 is 0 Å². The van der Waals surface area contributed by atoms with Crippen LogP contribution in [0.2, 0.25) is 4.31 Å². The monoisotopic (exact) mass is 296 g/mol. The van der Waals surface area contributed by atoms with Crippen molar-refractivity contribution in [3.05, 3.63) is 30.3 Å². The molecule has 0 amide bonds. The van der Waals surface area contributed by atoms with E-state index in [-0.39, 0.29) is 10.2 Å². The molecule has 1 fully saturated rings. The van der Waals surface area contributed by atoms with Gasteiger partial charge in [-0.2, -0.15) is 0 Å². The van der Waals surface area contributed by atoms with Crippen LogP contribution < -0.4 is 4.46 Å². The second-order valence-corrected chi connectivity index (χ2v) is 8.91. The molecule has 0 aliphatic heterocycles. The van der Waals surface area contributed by atoms with E-state index in [1.807, 2.05) is 0 Å². The summed E-state index contributed by atoms with van der Waals surface area (Å²) >= 11 is 0.381. The summed E-state index contributed by atoms with van der Waals surface area (Å²) in [5, 5.41) is 0. The molecule has 0 radical (unpaired) electrons. The van der Waals surface area contributed by atoms with E-state index in [4.69, 9.17) is 0 Å². The first kappa shape index (κ1) is 12.9. The Balaban J connectivity index is 2.10. The van der Waals surface area contributed by atoms with Gasteiger partial charge in [0.15, 0.2) is 0 Å². The SMILES string of the molecule is CC(C)([Se]c1ccccc1)C1CCCCC1=O. The molecular formula is C15H20OSe. The Morgan fingerprint density at radius 1 is 1.18 bits per heavy atom. The first-order valence-corrected chi connectivity index (χ1v) is 8.08. The normalized spacial score (nSPS) is 21.5. The molecule has 1 aliphatic carbocycles. The Morgan fingerprint density at radius 2 is 1.88 bits per heavy atom. The number of carbonyl (C=O) groups excluding carboxylic acids is 1. The van der Waals surface area contributed by atoms with E-state index in [1.165, 1.54) is 10.9 Å². The number of benzene rings is 1. The summed E-state index contributed by atoms with van der Waals surface area (Å²) < 4.78 is 1.56. The quantitative estimate of drug-likeness (QED) is 0.784. The first-order chi connectivity index (χ1) is 8.09. The summed E-state index contributed by atoms with van der Waals surface area (Å²) in [4.78, 5) is 12.0. The van der Waals surface area contributed by atoms with Gasteiger partial charge >= 0.3 is 110 Å². The van der Waals surface area contributed by atoms with Gasteiger partial charge < -0.3 is 0 Å². The summed E-state index contributed by atoms with van der Waals surface area (Å²) in [7, 11) is 0. The molecule has 1 unspecified atom stereocenters. The summed E-state index contributed by atoms with van der Waals surface area (Å²) in [5.41, 5.74) is 0. The van der Waals surface area contributed by atoms with Crippen molar-refractivity contribution in [1.29, 1.82) is 0 Å². The zero-order valence-electron chi connectivity index (χ0n) is 10.6. The van der Waals surface area contributed by atoms with Crippen molar-refractivity contribution in [3.8, 4) is 0 Å². The van der Waals surface area contributed by atoms with Crippen LogP contribution in [0.15, 0.2) is 30.3 Å². The van der Waals surface area contributed by atoms with Crippen molar-refractivity contribution >= 4 is 25.2 Å². The second kappa shape index (κ2) is 5.37. The molecule has 1 saturated carbocycles. The van der Waals surface area contributed by atoms with Gasteiger partial charge in [0.2, 0.25) is 0 Å². The van der Waals surface area contributed by atoms with Gasteiger partial charge in [-0.05, 0) is 0 Å². The molecule has 0 aromatic heterocycles. The first-order valence-electron chi connectivity index (χ1n) is 6.36. The maximum atomic E-state index is 12.0. The van der Waals surface area contributed by atoms with Crippen LogP contribution in [0.3, 0.4) is 0 Å². The molecule has 1 atom stereocenters. The van der Waals surface area contributed by atoms with E-state index in [0.717, 1.165) is 19.3 Å².